The lowest BCUT2D eigenvalue weighted by molar-refractivity contribution is -0.129. The van der Waals surface area contributed by atoms with Crippen molar-refractivity contribution < 1.29 is 22.7 Å². The Hall–Kier alpha value is -2.91. The highest BCUT2D eigenvalue weighted by molar-refractivity contribution is 7.88. The van der Waals surface area contributed by atoms with Crippen molar-refractivity contribution in [3.63, 3.8) is 0 Å². The number of allylic oxidation sites excluding steroid dienone is 2. The van der Waals surface area contributed by atoms with Crippen LogP contribution in [-0.2, 0) is 25.3 Å². The maximum atomic E-state index is 12.5. The van der Waals surface area contributed by atoms with E-state index in [4.69, 9.17) is 9.88 Å². The topological polar surface area (TPSA) is 110 Å². The van der Waals surface area contributed by atoms with Crippen LogP contribution in [0.15, 0.2) is 54.4 Å². The standard InChI is InChI=1S/C22H29N3O5S/c1-15(2)30-22(27)24-13-16(3)25(18(5)26)21(17(24)4)8-6-7-19-9-11-20(12-10-19)14-31(23,28)29/h6-12,15-16H,4,13-14H2,1-3,5H3,(H2,23,28,29)/b7-6+,21-8+/t16-/m0/s1. The van der Waals surface area contributed by atoms with E-state index in [0.29, 0.717) is 17.0 Å². The zero-order chi connectivity index (χ0) is 23.3. The van der Waals surface area contributed by atoms with Crippen molar-refractivity contribution >= 4 is 28.1 Å². The summed E-state index contributed by atoms with van der Waals surface area (Å²) in [6, 6.07) is 6.65. The van der Waals surface area contributed by atoms with E-state index < -0.39 is 16.1 Å². The summed E-state index contributed by atoms with van der Waals surface area (Å²) >= 11 is 0. The molecule has 2 N–H and O–H groups in total. The van der Waals surface area contributed by atoms with Crippen LogP contribution in [0.1, 0.15) is 38.8 Å². The van der Waals surface area contributed by atoms with Gasteiger partial charge < -0.3 is 9.64 Å². The number of amides is 2. The SMILES string of the molecule is C=C1/C(=C\C=C\c2ccc(CS(N)(=O)=O)cc2)N(C(C)=O)[C@@H](C)CN1C(=O)OC(C)C. The summed E-state index contributed by atoms with van der Waals surface area (Å²) in [5.41, 5.74) is 2.31. The molecule has 0 radical (unpaired) electrons. The number of nitrogens with zero attached hydrogens (tertiary/aromatic N) is 2. The fraction of sp³-hybridized carbons (Fsp3) is 0.364. The van der Waals surface area contributed by atoms with Crippen LogP contribution in [0.2, 0.25) is 0 Å². The van der Waals surface area contributed by atoms with Gasteiger partial charge in [0, 0.05) is 13.5 Å². The number of piperazine rings is 1. The number of benzene rings is 1. The molecule has 0 spiro atoms. The van der Waals surface area contributed by atoms with E-state index in [9.17, 15) is 18.0 Å². The number of nitrogens with two attached hydrogens (primary N) is 1. The minimum Gasteiger partial charge on any atom is -0.446 e. The predicted molar refractivity (Wildman–Crippen MR) is 120 cm³/mol. The van der Waals surface area contributed by atoms with Crippen molar-refractivity contribution in [2.45, 2.75) is 45.6 Å². The van der Waals surface area contributed by atoms with Crippen LogP contribution >= 0.6 is 0 Å². The minimum absolute atomic E-state index is 0.155. The fourth-order valence-electron chi connectivity index (χ4n) is 3.28. The maximum Gasteiger partial charge on any atom is 0.414 e. The largest absolute Gasteiger partial charge is 0.446 e. The first-order chi connectivity index (χ1) is 14.4. The van der Waals surface area contributed by atoms with Gasteiger partial charge >= 0.3 is 6.09 Å². The number of sulfonamides is 1. The molecular formula is C22H29N3O5S. The Bertz CT molecular complexity index is 1010. The second-order valence-corrected chi connectivity index (χ2v) is 9.30. The molecule has 1 saturated heterocycles. The lowest BCUT2D eigenvalue weighted by Gasteiger charge is -2.42. The Labute approximate surface area is 183 Å². The molecule has 9 heteroatoms. The molecule has 0 aliphatic carbocycles. The van der Waals surface area contributed by atoms with Crippen LogP contribution in [0, 0.1) is 0 Å². The molecule has 0 saturated carbocycles. The van der Waals surface area contributed by atoms with Crippen molar-refractivity contribution in [2.24, 2.45) is 5.14 Å². The van der Waals surface area contributed by atoms with Gasteiger partial charge in [-0.15, -0.1) is 0 Å². The van der Waals surface area contributed by atoms with Crippen molar-refractivity contribution in [3.8, 4) is 0 Å². The summed E-state index contributed by atoms with van der Waals surface area (Å²) in [7, 11) is -3.58. The Morgan fingerprint density at radius 3 is 2.42 bits per heavy atom. The quantitative estimate of drug-likeness (QED) is 0.746. The molecule has 1 atom stereocenters. The third-order valence-electron chi connectivity index (χ3n) is 4.56. The first-order valence-corrected chi connectivity index (χ1v) is 11.6. The summed E-state index contributed by atoms with van der Waals surface area (Å²) < 4.78 is 27.7. The first kappa shape index (κ1) is 24.4. The molecule has 2 rings (SSSR count). The van der Waals surface area contributed by atoms with Crippen molar-refractivity contribution in [3.05, 3.63) is 65.5 Å². The van der Waals surface area contributed by atoms with Gasteiger partial charge in [0.2, 0.25) is 15.9 Å². The molecule has 1 aromatic rings. The molecule has 0 bridgehead atoms. The molecule has 1 fully saturated rings. The maximum absolute atomic E-state index is 12.5. The Balaban J connectivity index is 2.27. The van der Waals surface area contributed by atoms with E-state index in [-0.39, 0.29) is 30.4 Å². The van der Waals surface area contributed by atoms with Crippen LogP contribution < -0.4 is 5.14 Å². The molecule has 1 aliphatic rings. The van der Waals surface area contributed by atoms with E-state index in [1.54, 1.807) is 61.2 Å². The van der Waals surface area contributed by atoms with Gasteiger partial charge in [-0.25, -0.2) is 18.4 Å². The summed E-state index contributed by atoms with van der Waals surface area (Å²) in [6.45, 7) is 11.1. The number of carbonyl (C=O) groups excluding carboxylic acids is 2. The van der Waals surface area contributed by atoms with Crippen LogP contribution in [0.3, 0.4) is 0 Å². The zero-order valence-corrected chi connectivity index (χ0v) is 19.1. The second kappa shape index (κ2) is 9.93. The molecule has 1 aromatic carbocycles. The highest BCUT2D eigenvalue weighted by Crippen LogP contribution is 2.28. The molecule has 31 heavy (non-hydrogen) atoms. The normalized spacial score (nSPS) is 18.8. The number of primary sulfonamides is 1. The number of ether oxygens (including phenoxy) is 1. The minimum atomic E-state index is -3.58. The summed E-state index contributed by atoms with van der Waals surface area (Å²) in [4.78, 5) is 27.7. The number of carbonyl (C=O) groups is 2. The van der Waals surface area contributed by atoms with E-state index in [0.717, 1.165) is 5.56 Å². The predicted octanol–water partition coefficient (Wildman–Crippen LogP) is 2.98. The van der Waals surface area contributed by atoms with E-state index in [1.807, 2.05) is 6.92 Å². The van der Waals surface area contributed by atoms with E-state index >= 15 is 0 Å². The van der Waals surface area contributed by atoms with E-state index in [1.165, 1.54) is 11.8 Å². The Morgan fingerprint density at radius 1 is 1.29 bits per heavy atom. The Kier molecular flexibility index (Phi) is 7.80. The highest BCUT2D eigenvalue weighted by Gasteiger charge is 2.35. The van der Waals surface area contributed by atoms with Crippen molar-refractivity contribution in [1.82, 2.24) is 9.80 Å². The second-order valence-electron chi connectivity index (χ2n) is 7.69. The molecule has 0 aromatic heterocycles. The van der Waals surface area contributed by atoms with Gasteiger partial charge in [0.25, 0.3) is 0 Å². The van der Waals surface area contributed by atoms with Crippen LogP contribution in [-0.4, -0.2) is 48.9 Å². The monoisotopic (exact) mass is 447 g/mol. The number of hydrogen-bond acceptors (Lipinski definition) is 5. The summed E-state index contributed by atoms with van der Waals surface area (Å²) in [6.07, 6.45) is 4.49. The van der Waals surface area contributed by atoms with Crippen LogP contribution in [0.25, 0.3) is 6.08 Å². The average molecular weight is 448 g/mol. The van der Waals surface area contributed by atoms with Gasteiger partial charge in [-0.05, 0) is 38.0 Å². The lowest BCUT2D eigenvalue weighted by atomic mass is 10.1. The van der Waals surface area contributed by atoms with Gasteiger partial charge in [0.1, 0.15) is 0 Å². The Morgan fingerprint density at radius 2 is 1.90 bits per heavy atom. The summed E-state index contributed by atoms with van der Waals surface area (Å²) in [5.74, 6) is -0.383. The molecule has 2 amide bonds. The van der Waals surface area contributed by atoms with Crippen molar-refractivity contribution in [1.29, 1.82) is 0 Å². The molecule has 0 unspecified atom stereocenters. The number of rotatable bonds is 5. The first-order valence-electron chi connectivity index (χ1n) is 9.84. The fourth-order valence-corrected chi connectivity index (χ4v) is 3.94. The molecule has 8 nitrogen and oxygen atoms in total. The third-order valence-corrected chi connectivity index (χ3v) is 5.29. The molecular weight excluding hydrogens is 418 g/mol. The van der Waals surface area contributed by atoms with Gasteiger partial charge in [-0.3, -0.25) is 9.69 Å². The zero-order valence-electron chi connectivity index (χ0n) is 18.2. The highest BCUT2D eigenvalue weighted by atomic mass is 32.2. The van der Waals surface area contributed by atoms with Crippen molar-refractivity contribution in [2.75, 3.05) is 6.54 Å². The average Bonchev–Trinajstić information content (AvgIpc) is 2.63. The molecule has 1 heterocycles. The number of hydrogen-bond donors (Lipinski definition) is 1. The van der Waals surface area contributed by atoms with Gasteiger partial charge in [0.15, 0.2) is 0 Å². The molecule has 168 valence electrons. The lowest BCUT2D eigenvalue weighted by Crippen LogP contribution is -2.52. The van der Waals surface area contributed by atoms with Crippen LogP contribution in [0.5, 0.6) is 0 Å². The summed E-state index contributed by atoms with van der Waals surface area (Å²) in [5, 5.41) is 5.06. The smallest absolute Gasteiger partial charge is 0.414 e. The van der Waals surface area contributed by atoms with Gasteiger partial charge in [0.05, 0.1) is 29.3 Å². The molecule has 1 aliphatic heterocycles. The van der Waals surface area contributed by atoms with E-state index in [2.05, 4.69) is 6.58 Å². The van der Waals surface area contributed by atoms with Gasteiger partial charge in [-0.1, -0.05) is 43.0 Å². The van der Waals surface area contributed by atoms with Crippen LogP contribution in [0.4, 0.5) is 4.79 Å². The third kappa shape index (κ3) is 6.80. The van der Waals surface area contributed by atoms with Gasteiger partial charge in [-0.2, -0.15) is 0 Å².